The van der Waals surface area contributed by atoms with Gasteiger partial charge in [-0.1, -0.05) is 61.5 Å². The number of carboxylic acid groups (broad SMARTS) is 1. The van der Waals surface area contributed by atoms with Crippen LogP contribution in [-0.2, 0) is 11.2 Å². The van der Waals surface area contributed by atoms with Crippen LogP contribution in [0.2, 0.25) is 0 Å². The Morgan fingerprint density at radius 3 is 2.32 bits per heavy atom. The quantitative estimate of drug-likeness (QED) is 0.662. The predicted octanol–water partition coefficient (Wildman–Crippen LogP) is 3.87. The van der Waals surface area contributed by atoms with E-state index in [4.69, 9.17) is 0 Å². The van der Waals surface area contributed by atoms with Crippen molar-refractivity contribution in [2.75, 3.05) is 0 Å². The molecule has 96 valence electrons. The molecule has 0 heterocycles. The van der Waals surface area contributed by atoms with Crippen LogP contribution in [0.5, 0.6) is 0 Å². The molecule has 0 aliphatic heterocycles. The summed E-state index contributed by atoms with van der Waals surface area (Å²) in [6.07, 6.45) is 2.63. The second kappa shape index (κ2) is 6.01. The molecule has 0 bridgehead atoms. The number of hydrogen-bond donors (Lipinski definition) is 1. The average molecular weight is 252 g/mol. The van der Waals surface area contributed by atoms with Crippen LogP contribution in [0.3, 0.4) is 0 Å². The Balaban J connectivity index is 2.51. The molecule has 0 spiro atoms. The van der Waals surface area contributed by atoms with Crippen molar-refractivity contribution in [1.82, 2.24) is 0 Å². The number of carboxylic acids is 1. The van der Waals surface area contributed by atoms with Gasteiger partial charge in [0.05, 0.1) is 5.57 Å². The van der Waals surface area contributed by atoms with E-state index in [1.54, 1.807) is 6.08 Å². The van der Waals surface area contributed by atoms with Crippen molar-refractivity contribution in [3.63, 3.8) is 0 Å². The Hall–Kier alpha value is -2.35. The minimum atomic E-state index is -0.905. The number of hydrogen-bond acceptors (Lipinski definition) is 1. The van der Waals surface area contributed by atoms with Crippen LogP contribution in [0.1, 0.15) is 23.6 Å². The Labute approximate surface area is 113 Å². The number of carbonyl (C=O) groups is 1. The first-order valence-corrected chi connectivity index (χ1v) is 6.30. The predicted molar refractivity (Wildman–Crippen MR) is 77.8 cm³/mol. The van der Waals surface area contributed by atoms with E-state index in [9.17, 15) is 9.90 Å². The summed E-state index contributed by atoms with van der Waals surface area (Å²) in [5.41, 5.74) is 3.16. The summed E-state index contributed by atoms with van der Waals surface area (Å²) in [6, 6.07) is 17.1. The molecular formula is C17H16O2. The number of aliphatic carboxylic acids is 1. The molecule has 0 amide bonds. The van der Waals surface area contributed by atoms with Gasteiger partial charge in [-0.05, 0) is 29.2 Å². The summed E-state index contributed by atoms with van der Waals surface area (Å²) in [5.74, 6) is -0.905. The van der Waals surface area contributed by atoms with Crippen LogP contribution in [0.15, 0.2) is 54.6 Å². The Bertz CT molecular complexity index is 598. The first-order chi connectivity index (χ1) is 9.22. The lowest BCUT2D eigenvalue weighted by Gasteiger charge is -2.06. The van der Waals surface area contributed by atoms with Crippen LogP contribution in [0.25, 0.3) is 11.6 Å². The second-order valence-corrected chi connectivity index (χ2v) is 4.28. The molecule has 0 saturated heterocycles. The first kappa shape index (κ1) is 13.1. The van der Waals surface area contributed by atoms with E-state index < -0.39 is 5.97 Å². The third-order valence-corrected chi connectivity index (χ3v) is 3.05. The zero-order valence-electron chi connectivity index (χ0n) is 10.8. The van der Waals surface area contributed by atoms with Gasteiger partial charge in [-0.25, -0.2) is 4.79 Å². The maximum absolute atomic E-state index is 11.4. The average Bonchev–Trinajstić information content (AvgIpc) is 2.45. The molecule has 1 N–H and O–H groups in total. The summed E-state index contributed by atoms with van der Waals surface area (Å²) < 4.78 is 0. The van der Waals surface area contributed by atoms with E-state index in [1.807, 2.05) is 54.6 Å². The summed E-state index contributed by atoms with van der Waals surface area (Å²) in [7, 11) is 0. The first-order valence-electron chi connectivity index (χ1n) is 6.30. The largest absolute Gasteiger partial charge is 0.478 e. The van der Waals surface area contributed by atoms with Gasteiger partial charge in [-0.3, -0.25) is 0 Å². The van der Waals surface area contributed by atoms with Gasteiger partial charge >= 0.3 is 5.97 Å². The smallest absolute Gasteiger partial charge is 0.336 e. The van der Waals surface area contributed by atoms with E-state index in [2.05, 4.69) is 6.92 Å². The molecule has 0 radical (unpaired) electrons. The summed E-state index contributed by atoms with van der Waals surface area (Å²) in [6.45, 7) is 2.07. The van der Waals surface area contributed by atoms with Crippen molar-refractivity contribution >= 4 is 17.6 Å². The highest BCUT2D eigenvalue weighted by Gasteiger charge is 2.10. The second-order valence-electron chi connectivity index (χ2n) is 4.28. The number of rotatable bonds is 4. The lowest BCUT2D eigenvalue weighted by molar-refractivity contribution is -0.130. The minimum absolute atomic E-state index is 0.321. The van der Waals surface area contributed by atoms with Crippen molar-refractivity contribution in [2.45, 2.75) is 13.3 Å². The molecule has 2 heteroatoms. The van der Waals surface area contributed by atoms with Crippen LogP contribution >= 0.6 is 0 Å². The third-order valence-electron chi connectivity index (χ3n) is 3.05. The minimum Gasteiger partial charge on any atom is -0.478 e. The monoisotopic (exact) mass is 252 g/mol. The van der Waals surface area contributed by atoms with Crippen LogP contribution in [0.4, 0.5) is 0 Å². The molecule has 0 aliphatic carbocycles. The number of aryl methyl sites for hydroxylation is 1. The van der Waals surface area contributed by atoms with Gasteiger partial charge in [0.25, 0.3) is 0 Å². The summed E-state index contributed by atoms with van der Waals surface area (Å²) >= 11 is 0. The zero-order chi connectivity index (χ0) is 13.7. The van der Waals surface area contributed by atoms with Gasteiger partial charge in [-0.15, -0.1) is 0 Å². The zero-order valence-corrected chi connectivity index (χ0v) is 10.8. The molecule has 2 aromatic carbocycles. The highest BCUT2D eigenvalue weighted by atomic mass is 16.4. The molecule has 2 nitrogen and oxygen atoms in total. The van der Waals surface area contributed by atoms with Gasteiger partial charge in [-0.2, -0.15) is 0 Å². The van der Waals surface area contributed by atoms with Gasteiger partial charge < -0.3 is 5.11 Å². The van der Waals surface area contributed by atoms with Crippen LogP contribution in [-0.4, -0.2) is 11.1 Å². The van der Waals surface area contributed by atoms with Gasteiger partial charge in [0.15, 0.2) is 0 Å². The Morgan fingerprint density at radius 1 is 1.05 bits per heavy atom. The van der Waals surface area contributed by atoms with Crippen molar-refractivity contribution < 1.29 is 9.90 Å². The molecule has 0 fully saturated rings. The van der Waals surface area contributed by atoms with E-state index in [1.165, 1.54) is 0 Å². The molecular weight excluding hydrogens is 236 g/mol. The molecule has 19 heavy (non-hydrogen) atoms. The van der Waals surface area contributed by atoms with E-state index in [0.29, 0.717) is 5.57 Å². The Morgan fingerprint density at radius 2 is 1.68 bits per heavy atom. The SMILES string of the molecule is CCc1ccccc1C=C(C(=O)O)c1ccccc1. The molecule has 0 aromatic heterocycles. The standard InChI is InChI=1S/C17H16O2/c1-2-13-8-6-7-11-15(13)12-16(17(18)19)14-9-4-3-5-10-14/h3-12H,2H2,1H3,(H,18,19). The fourth-order valence-electron chi connectivity index (χ4n) is 2.04. The Kier molecular flexibility index (Phi) is 4.14. The highest BCUT2D eigenvalue weighted by Crippen LogP contribution is 2.20. The van der Waals surface area contributed by atoms with Crippen molar-refractivity contribution in [1.29, 1.82) is 0 Å². The van der Waals surface area contributed by atoms with E-state index in [-0.39, 0.29) is 0 Å². The lowest BCUT2D eigenvalue weighted by atomic mass is 9.99. The highest BCUT2D eigenvalue weighted by molar-refractivity contribution is 6.20. The molecule has 0 atom stereocenters. The molecule has 2 rings (SSSR count). The maximum atomic E-state index is 11.4. The third kappa shape index (κ3) is 3.10. The van der Waals surface area contributed by atoms with E-state index in [0.717, 1.165) is 23.1 Å². The fourth-order valence-corrected chi connectivity index (χ4v) is 2.04. The van der Waals surface area contributed by atoms with Crippen molar-refractivity contribution in [2.24, 2.45) is 0 Å². The van der Waals surface area contributed by atoms with Crippen LogP contribution in [0, 0.1) is 0 Å². The van der Waals surface area contributed by atoms with Crippen molar-refractivity contribution in [3.05, 3.63) is 71.3 Å². The number of benzene rings is 2. The fraction of sp³-hybridized carbons (Fsp3) is 0.118. The van der Waals surface area contributed by atoms with Gasteiger partial charge in [0.1, 0.15) is 0 Å². The lowest BCUT2D eigenvalue weighted by Crippen LogP contribution is -2.00. The van der Waals surface area contributed by atoms with Gasteiger partial charge in [0.2, 0.25) is 0 Å². The van der Waals surface area contributed by atoms with E-state index >= 15 is 0 Å². The molecule has 0 aliphatic rings. The summed E-state index contributed by atoms with van der Waals surface area (Å²) in [4.78, 5) is 11.4. The molecule has 0 saturated carbocycles. The molecule has 2 aromatic rings. The van der Waals surface area contributed by atoms with Gasteiger partial charge in [0, 0.05) is 0 Å². The topological polar surface area (TPSA) is 37.3 Å². The molecule has 0 unspecified atom stereocenters. The van der Waals surface area contributed by atoms with Crippen LogP contribution < -0.4 is 0 Å². The summed E-state index contributed by atoms with van der Waals surface area (Å²) in [5, 5.41) is 9.38. The maximum Gasteiger partial charge on any atom is 0.336 e. The van der Waals surface area contributed by atoms with Crippen molar-refractivity contribution in [3.8, 4) is 0 Å². The normalized spacial score (nSPS) is 11.3.